The fraction of sp³-hybridized carbons (Fsp3) is 0.625. The molecule has 0 saturated carbocycles. The summed E-state index contributed by atoms with van der Waals surface area (Å²) in [5.41, 5.74) is 2.82. The van der Waals surface area contributed by atoms with Crippen molar-refractivity contribution in [1.29, 1.82) is 0 Å². The summed E-state index contributed by atoms with van der Waals surface area (Å²) in [6.07, 6.45) is 3.70. The molecule has 1 heteroatoms. The van der Waals surface area contributed by atoms with Gasteiger partial charge in [-0.2, -0.15) is 0 Å². The zero-order valence-corrected chi connectivity index (χ0v) is 11.8. The number of benzene rings is 1. The van der Waals surface area contributed by atoms with Crippen LogP contribution in [0.15, 0.2) is 24.3 Å². The number of nitrogens with one attached hydrogen (secondary N) is 1. The second-order valence-electron chi connectivity index (χ2n) is 5.20. The van der Waals surface area contributed by atoms with E-state index in [9.17, 15) is 0 Å². The number of hydrogen-bond acceptors (Lipinski definition) is 1. The molecule has 0 aliphatic heterocycles. The Morgan fingerprint density at radius 1 is 1.24 bits per heavy atom. The molecule has 0 fully saturated rings. The molecule has 0 amide bonds. The van der Waals surface area contributed by atoms with Gasteiger partial charge in [-0.05, 0) is 37.8 Å². The van der Waals surface area contributed by atoms with Crippen LogP contribution in [0.2, 0.25) is 0 Å². The minimum atomic E-state index is 0.622. The Morgan fingerprint density at radius 2 is 2.00 bits per heavy atom. The van der Waals surface area contributed by atoms with E-state index < -0.39 is 0 Å². The summed E-state index contributed by atoms with van der Waals surface area (Å²) in [7, 11) is 0. The minimum absolute atomic E-state index is 0.622. The molecule has 0 bridgehead atoms. The average molecular weight is 233 g/mol. The predicted molar refractivity (Wildman–Crippen MR) is 76.4 cm³/mol. The highest BCUT2D eigenvalue weighted by molar-refractivity contribution is 5.23. The van der Waals surface area contributed by atoms with Gasteiger partial charge in [-0.3, -0.25) is 0 Å². The number of aryl methyl sites for hydroxylation is 1. The second-order valence-corrected chi connectivity index (χ2v) is 5.20. The van der Waals surface area contributed by atoms with Gasteiger partial charge in [0.2, 0.25) is 0 Å². The zero-order chi connectivity index (χ0) is 12.7. The molecule has 0 aliphatic carbocycles. The molecule has 96 valence electrons. The molecule has 0 radical (unpaired) electrons. The Balaban J connectivity index is 2.59. The van der Waals surface area contributed by atoms with E-state index in [2.05, 4.69) is 57.3 Å². The first-order chi connectivity index (χ1) is 8.15. The molecular formula is C16H27N. The Morgan fingerprint density at radius 3 is 2.59 bits per heavy atom. The van der Waals surface area contributed by atoms with Crippen LogP contribution >= 0.6 is 0 Å². The first-order valence-corrected chi connectivity index (χ1v) is 6.94. The molecule has 1 N–H and O–H groups in total. The monoisotopic (exact) mass is 233 g/mol. The van der Waals surface area contributed by atoms with Gasteiger partial charge < -0.3 is 5.32 Å². The van der Waals surface area contributed by atoms with Crippen LogP contribution in [0, 0.1) is 12.8 Å². The molecule has 0 aliphatic rings. The highest BCUT2D eigenvalue weighted by Crippen LogP contribution is 2.14. The van der Waals surface area contributed by atoms with Crippen molar-refractivity contribution in [1.82, 2.24) is 5.32 Å². The normalized spacial score (nSPS) is 14.6. The van der Waals surface area contributed by atoms with Crippen LogP contribution in [-0.4, -0.2) is 12.6 Å². The molecule has 1 aromatic carbocycles. The highest BCUT2D eigenvalue weighted by Gasteiger charge is 2.11. The lowest BCUT2D eigenvalue weighted by molar-refractivity contribution is 0.397. The van der Waals surface area contributed by atoms with Crippen LogP contribution in [0.5, 0.6) is 0 Å². The minimum Gasteiger partial charge on any atom is -0.314 e. The van der Waals surface area contributed by atoms with Gasteiger partial charge in [0, 0.05) is 6.04 Å². The fourth-order valence-electron chi connectivity index (χ4n) is 2.30. The van der Waals surface area contributed by atoms with Crippen LogP contribution in [0.4, 0.5) is 0 Å². The van der Waals surface area contributed by atoms with Crippen molar-refractivity contribution in [3.8, 4) is 0 Å². The van der Waals surface area contributed by atoms with E-state index in [1.807, 2.05) is 0 Å². The Kier molecular flexibility index (Phi) is 6.28. The van der Waals surface area contributed by atoms with E-state index in [0.717, 1.165) is 18.9 Å². The lowest BCUT2D eigenvalue weighted by Crippen LogP contribution is -2.32. The zero-order valence-electron chi connectivity index (χ0n) is 11.8. The van der Waals surface area contributed by atoms with E-state index in [4.69, 9.17) is 0 Å². The maximum atomic E-state index is 3.62. The van der Waals surface area contributed by atoms with Crippen molar-refractivity contribution in [3.05, 3.63) is 35.4 Å². The number of rotatable bonds is 7. The van der Waals surface area contributed by atoms with Gasteiger partial charge in [0.05, 0.1) is 0 Å². The van der Waals surface area contributed by atoms with E-state index in [-0.39, 0.29) is 0 Å². The molecule has 0 aromatic heterocycles. The van der Waals surface area contributed by atoms with Crippen LogP contribution in [0.25, 0.3) is 0 Å². The molecule has 2 atom stereocenters. The molecule has 1 rings (SSSR count). The summed E-state index contributed by atoms with van der Waals surface area (Å²) in [6, 6.07) is 9.50. The largest absolute Gasteiger partial charge is 0.314 e. The maximum absolute atomic E-state index is 3.62. The average Bonchev–Trinajstić information content (AvgIpc) is 2.29. The third-order valence-electron chi connectivity index (χ3n) is 3.44. The van der Waals surface area contributed by atoms with Crippen molar-refractivity contribution in [2.45, 2.75) is 53.0 Å². The quantitative estimate of drug-likeness (QED) is 0.752. The van der Waals surface area contributed by atoms with Crippen molar-refractivity contribution < 1.29 is 0 Å². The van der Waals surface area contributed by atoms with Gasteiger partial charge in [-0.15, -0.1) is 0 Å². The third kappa shape index (κ3) is 5.36. The molecule has 1 aromatic rings. The summed E-state index contributed by atoms with van der Waals surface area (Å²) in [5.74, 6) is 0.809. The third-order valence-corrected chi connectivity index (χ3v) is 3.44. The molecule has 0 heterocycles. The lowest BCUT2D eigenvalue weighted by atomic mass is 9.94. The van der Waals surface area contributed by atoms with Crippen molar-refractivity contribution in [2.75, 3.05) is 6.54 Å². The van der Waals surface area contributed by atoms with Gasteiger partial charge >= 0.3 is 0 Å². The standard InChI is InChI=1S/C16H27N/c1-5-13(3)11-16(17-6-2)12-15-9-7-8-14(4)10-15/h7-10,13,16-17H,5-6,11-12H2,1-4H3. The second kappa shape index (κ2) is 7.50. The van der Waals surface area contributed by atoms with Crippen LogP contribution < -0.4 is 5.32 Å². The Hall–Kier alpha value is -0.820. The fourth-order valence-corrected chi connectivity index (χ4v) is 2.30. The summed E-state index contributed by atoms with van der Waals surface area (Å²) in [5, 5.41) is 3.62. The van der Waals surface area contributed by atoms with Crippen molar-refractivity contribution >= 4 is 0 Å². The topological polar surface area (TPSA) is 12.0 Å². The van der Waals surface area contributed by atoms with E-state index >= 15 is 0 Å². The maximum Gasteiger partial charge on any atom is 0.0110 e. The highest BCUT2D eigenvalue weighted by atomic mass is 14.9. The SMILES string of the molecule is CCNC(Cc1cccc(C)c1)CC(C)CC. The van der Waals surface area contributed by atoms with Gasteiger partial charge in [-0.25, -0.2) is 0 Å². The van der Waals surface area contributed by atoms with E-state index in [0.29, 0.717) is 6.04 Å². The van der Waals surface area contributed by atoms with Crippen LogP contribution in [-0.2, 0) is 6.42 Å². The first kappa shape index (κ1) is 14.2. The van der Waals surface area contributed by atoms with Crippen LogP contribution in [0.1, 0.15) is 44.7 Å². The Bertz CT molecular complexity index is 319. The summed E-state index contributed by atoms with van der Waals surface area (Å²) in [6.45, 7) is 10.0. The summed E-state index contributed by atoms with van der Waals surface area (Å²) >= 11 is 0. The predicted octanol–water partition coefficient (Wildman–Crippen LogP) is 3.95. The van der Waals surface area contributed by atoms with E-state index in [1.54, 1.807) is 0 Å². The molecule has 2 unspecified atom stereocenters. The lowest BCUT2D eigenvalue weighted by Gasteiger charge is -2.21. The van der Waals surface area contributed by atoms with Gasteiger partial charge in [-0.1, -0.05) is 57.0 Å². The molecule has 1 nitrogen and oxygen atoms in total. The Labute approximate surface area is 107 Å². The van der Waals surface area contributed by atoms with Gasteiger partial charge in [0.15, 0.2) is 0 Å². The molecular weight excluding hydrogens is 206 g/mol. The summed E-state index contributed by atoms with van der Waals surface area (Å²) in [4.78, 5) is 0. The van der Waals surface area contributed by atoms with Gasteiger partial charge in [0.1, 0.15) is 0 Å². The number of likely N-dealkylation sites (N-methyl/N-ethyl adjacent to an activating group) is 1. The number of hydrogen-bond donors (Lipinski definition) is 1. The van der Waals surface area contributed by atoms with Crippen molar-refractivity contribution in [3.63, 3.8) is 0 Å². The van der Waals surface area contributed by atoms with Crippen LogP contribution in [0.3, 0.4) is 0 Å². The molecule has 0 saturated heterocycles. The molecule has 0 spiro atoms. The van der Waals surface area contributed by atoms with Crippen molar-refractivity contribution in [2.24, 2.45) is 5.92 Å². The first-order valence-electron chi connectivity index (χ1n) is 6.94. The van der Waals surface area contributed by atoms with Gasteiger partial charge in [0.25, 0.3) is 0 Å². The molecule has 17 heavy (non-hydrogen) atoms. The smallest absolute Gasteiger partial charge is 0.0110 e. The summed E-state index contributed by atoms with van der Waals surface area (Å²) < 4.78 is 0. The van der Waals surface area contributed by atoms with E-state index in [1.165, 1.54) is 24.0 Å².